The number of halogens is 1. The Morgan fingerprint density at radius 3 is 2.56 bits per heavy atom. The van der Waals surface area contributed by atoms with E-state index in [2.05, 4.69) is 42.0 Å². The molecule has 1 N–H and O–H groups in total. The van der Waals surface area contributed by atoms with E-state index < -0.39 is 0 Å². The van der Waals surface area contributed by atoms with Crippen LogP contribution in [0, 0.1) is 0 Å². The van der Waals surface area contributed by atoms with E-state index in [9.17, 15) is 4.79 Å². The molecule has 0 fully saturated rings. The predicted octanol–water partition coefficient (Wildman–Crippen LogP) is 4.16. The smallest absolute Gasteiger partial charge is 0.230 e. The lowest BCUT2D eigenvalue weighted by Gasteiger charge is -2.19. The van der Waals surface area contributed by atoms with Gasteiger partial charge in [-0.15, -0.1) is 11.8 Å². The van der Waals surface area contributed by atoms with Crippen molar-refractivity contribution in [1.82, 2.24) is 5.32 Å². The van der Waals surface area contributed by atoms with Crippen LogP contribution in [-0.4, -0.2) is 16.4 Å². The first kappa shape index (κ1) is 15.6. The highest BCUT2D eigenvalue weighted by molar-refractivity contribution is 9.10. The molecule has 0 radical (unpaired) electrons. The molecule has 1 amide bonds. The van der Waals surface area contributed by atoms with Crippen LogP contribution >= 0.6 is 27.7 Å². The van der Waals surface area contributed by atoms with Crippen molar-refractivity contribution in [2.75, 3.05) is 5.75 Å². The number of benzene rings is 1. The topological polar surface area (TPSA) is 29.1 Å². The summed E-state index contributed by atoms with van der Waals surface area (Å²) in [5, 5.41) is 3.02. The van der Waals surface area contributed by atoms with Crippen LogP contribution in [0.5, 0.6) is 0 Å². The molecule has 1 rings (SSSR count). The molecule has 2 nitrogen and oxygen atoms in total. The van der Waals surface area contributed by atoms with Crippen LogP contribution in [0.2, 0.25) is 0 Å². The van der Waals surface area contributed by atoms with E-state index in [1.54, 1.807) is 11.8 Å². The zero-order valence-corrected chi connectivity index (χ0v) is 13.7. The van der Waals surface area contributed by atoms with Gasteiger partial charge in [0, 0.05) is 9.22 Å². The number of hydrogen-bond donors (Lipinski definition) is 1. The van der Waals surface area contributed by atoms with Gasteiger partial charge in [0.25, 0.3) is 0 Å². The minimum absolute atomic E-state index is 0.0219. The molecule has 1 atom stereocenters. The normalized spacial score (nSPS) is 13.2. The lowest BCUT2D eigenvalue weighted by molar-refractivity contribution is -0.119. The predicted molar refractivity (Wildman–Crippen MR) is 82.9 cm³/mol. The minimum Gasteiger partial charge on any atom is -0.349 e. The first-order valence-electron chi connectivity index (χ1n) is 5.97. The second-order valence-electron chi connectivity index (χ2n) is 5.21. The van der Waals surface area contributed by atoms with Crippen molar-refractivity contribution in [3.05, 3.63) is 34.3 Å². The number of hydrogen-bond acceptors (Lipinski definition) is 2. The summed E-state index contributed by atoms with van der Waals surface area (Å²) in [5.74, 6) is 0.580. The maximum absolute atomic E-state index is 11.8. The summed E-state index contributed by atoms with van der Waals surface area (Å²) in [6.07, 6.45) is 0. The molecule has 0 bridgehead atoms. The molecular weight excluding hydrogens is 310 g/mol. The summed E-state index contributed by atoms with van der Waals surface area (Å²) in [6.45, 7) is 8.34. The largest absolute Gasteiger partial charge is 0.349 e. The van der Waals surface area contributed by atoms with Crippen LogP contribution < -0.4 is 5.32 Å². The van der Waals surface area contributed by atoms with Gasteiger partial charge in [-0.05, 0) is 18.6 Å². The molecule has 0 aliphatic heterocycles. The molecule has 0 spiro atoms. The van der Waals surface area contributed by atoms with Crippen molar-refractivity contribution in [3.8, 4) is 0 Å². The molecule has 0 aliphatic rings. The molecule has 0 aliphatic carbocycles. The third kappa shape index (κ3) is 5.44. The second-order valence-corrected chi connectivity index (χ2v) is 7.87. The molecule has 0 heterocycles. The molecule has 100 valence electrons. The maximum Gasteiger partial charge on any atom is 0.230 e. The van der Waals surface area contributed by atoms with Gasteiger partial charge in [-0.3, -0.25) is 4.79 Å². The van der Waals surface area contributed by atoms with Crippen LogP contribution in [0.1, 0.15) is 39.3 Å². The number of nitrogens with one attached hydrogen (secondary N) is 1. The van der Waals surface area contributed by atoms with Gasteiger partial charge in [-0.2, -0.15) is 0 Å². The fourth-order valence-corrected chi connectivity index (χ4v) is 2.74. The van der Waals surface area contributed by atoms with Gasteiger partial charge in [-0.25, -0.2) is 0 Å². The highest BCUT2D eigenvalue weighted by atomic mass is 79.9. The number of carbonyl (C=O) groups excluding carboxylic acids is 1. The molecule has 18 heavy (non-hydrogen) atoms. The summed E-state index contributed by atoms with van der Waals surface area (Å²) in [4.78, 5) is 11.8. The SMILES string of the molecule is CC(NC(=O)CSC(C)(C)C)c1ccccc1Br. The summed E-state index contributed by atoms with van der Waals surface area (Å²) in [7, 11) is 0. The molecule has 0 saturated carbocycles. The minimum atomic E-state index is 0.0219. The number of thioether (sulfide) groups is 1. The Bertz CT molecular complexity index is 415. The van der Waals surface area contributed by atoms with Crippen molar-refractivity contribution in [2.24, 2.45) is 0 Å². The summed E-state index contributed by atoms with van der Waals surface area (Å²) >= 11 is 5.16. The van der Waals surface area contributed by atoms with Crippen molar-refractivity contribution < 1.29 is 4.79 Å². The van der Waals surface area contributed by atoms with E-state index in [1.807, 2.05) is 31.2 Å². The van der Waals surface area contributed by atoms with Crippen molar-refractivity contribution >= 4 is 33.6 Å². The van der Waals surface area contributed by atoms with E-state index in [4.69, 9.17) is 0 Å². The van der Waals surface area contributed by atoms with Crippen molar-refractivity contribution in [1.29, 1.82) is 0 Å². The highest BCUT2D eigenvalue weighted by Gasteiger charge is 2.16. The van der Waals surface area contributed by atoms with E-state index in [-0.39, 0.29) is 16.7 Å². The number of amides is 1. The first-order valence-corrected chi connectivity index (χ1v) is 7.75. The van der Waals surface area contributed by atoms with Crippen LogP contribution in [0.25, 0.3) is 0 Å². The standard InChI is InChI=1S/C14H20BrNOS/c1-10(11-7-5-6-8-12(11)15)16-13(17)9-18-14(2,3)4/h5-8,10H,9H2,1-4H3,(H,16,17). The van der Waals surface area contributed by atoms with Crippen LogP contribution in [0.3, 0.4) is 0 Å². The van der Waals surface area contributed by atoms with Gasteiger partial charge < -0.3 is 5.32 Å². The van der Waals surface area contributed by atoms with Gasteiger partial charge >= 0.3 is 0 Å². The third-order valence-electron chi connectivity index (χ3n) is 2.39. The highest BCUT2D eigenvalue weighted by Crippen LogP contribution is 2.24. The summed E-state index contributed by atoms with van der Waals surface area (Å²) in [6, 6.07) is 7.98. The van der Waals surface area contributed by atoms with E-state index >= 15 is 0 Å². The van der Waals surface area contributed by atoms with Crippen molar-refractivity contribution in [3.63, 3.8) is 0 Å². The summed E-state index contributed by atoms with van der Waals surface area (Å²) in [5.41, 5.74) is 1.10. The Balaban J connectivity index is 2.53. The van der Waals surface area contributed by atoms with Crippen LogP contribution in [-0.2, 0) is 4.79 Å². The van der Waals surface area contributed by atoms with E-state index in [0.717, 1.165) is 10.0 Å². The maximum atomic E-state index is 11.8. The molecule has 0 aromatic heterocycles. The second kappa shape index (κ2) is 6.62. The lowest BCUT2D eigenvalue weighted by Crippen LogP contribution is -2.29. The molecule has 1 unspecified atom stereocenters. The van der Waals surface area contributed by atoms with E-state index in [0.29, 0.717) is 5.75 Å². The lowest BCUT2D eigenvalue weighted by atomic mass is 10.1. The van der Waals surface area contributed by atoms with Crippen LogP contribution in [0.15, 0.2) is 28.7 Å². The van der Waals surface area contributed by atoms with Gasteiger partial charge in [-0.1, -0.05) is 54.9 Å². The average molecular weight is 330 g/mol. The summed E-state index contributed by atoms with van der Waals surface area (Å²) < 4.78 is 1.15. The van der Waals surface area contributed by atoms with Crippen molar-refractivity contribution in [2.45, 2.75) is 38.5 Å². The molecule has 0 saturated heterocycles. The van der Waals surface area contributed by atoms with Crippen LogP contribution in [0.4, 0.5) is 0 Å². The molecule has 1 aromatic rings. The van der Waals surface area contributed by atoms with Gasteiger partial charge in [0.2, 0.25) is 5.91 Å². The quantitative estimate of drug-likeness (QED) is 0.898. The Kier molecular flexibility index (Phi) is 5.73. The van der Waals surface area contributed by atoms with Gasteiger partial charge in [0.1, 0.15) is 0 Å². The molecule has 1 aromatic carbocycles. The first-order chi connectivity index (χ1) is 8.29. The Morgan fingerprint density at radius 2 is 2.00 bits per heavy atom. The third-order valence-corrected chi connectivity index (χ3v) is 4.38. The molecule has 4 heteroatoms. The zero-order valence-electron chi connectivity index (χ0n) is 11.3. The van der Waals surface area contributed by atoms with Gasteiger partial charge in [0.05, 0.1) is 11.8 Å². The fourth-order valence-electron chi connectivity index (χ4n) is 1.47. The fraction of sp³-hybridized carbons (Fsp3) is 0.500. The molecular formula is C14H20BrNOS. The Labute approximate surface area is 122 Å². The van der Waals surface area contributed by atoms with Gasteiger partial charge in [0.15, 0.2) is 0 Å². The monoisotopic (exact) mass is 329 g/mol. The van der Waals surface area contributed by atoms with E-state index in [1.165, 1.54) is 0 Å². The Morgan fingerprint density at radius 1 is 1.39 bits per heavy atom. The Hall–Kier alpha value is -0.480. The number of rotatable bonds is 4. The number of carbonyl (C=O) groups is 1. The average Bonchev–Trinajstić information content (AvgIpc) is 2.26. The zero-order chi connectivity index (χ0) is 13.8.